The highest BCUT2D eigenvalue weighted by atomic mass is 32.2. The first-order valence-electron chi connectivity index (χ1n) is 5.53. The quantitative estimate of drug-likeness (QED) is 0.744. The summed E-state index contributed by atoms with van der Waals surface area (Å²) < 4.78 is 0. The van der Waals surface area contributed by atoms with Gasteiger partial charge in [0.05, 0.1) is 0 Å². The predicted octanol–water partition coefficient (Wildman–Crippen LogP) is 3.13. The highest BCUT2D eigenvalue weighted by Gasteiger charge is 2.12. The molecule has 2 unspecified atom stereocenters. The van der Waals surface area contributed by atoms with E-state index in [4.69, 9.17) is 0 Å². The first kappa shape index (κ1) is 12.6. The number of thioether (sulfide) groups is 1. The highest BCUT2D eigenvalue weighted by Crippen LogP contribution is 2.18. The van der Waals surface area contributed by atoms with Crippen molar-refractivity contribution in [3.05, 3.63) is 35.9 Å². The van der Waals surface area contributed by atoms with Gasteiger partial charge in [0, 0.05) is 18.3 Å². The average molecular weight is 223 g/mol. The summed E-state index contributed by atoms with van der Waals surface area (Å²) in [6, 6.07) is 11.2. The van der Waals surface area contributed by atoms with E-state index in [0.717, 1.165) is 6.54 Å². The fourth-order valence-electron chi connectivity index (χ4n) is 1.61. The Morgan fingerprint density at radius 1 is 1.20 bits per heavy atom. The van der Waals surface area contributed by atoms with Gasteiger partial charge in [-0.25, -0.2) is 0 Å². The van der Waals surface area contributed by atoms with Gasteiger partial charge in [-0.2, -0.15) is 11.8 Å². The van der Waals surface area contributed by atoms with Crippen molar-refractivity contribution in [2.75, 3.05) is 18.6 Å². The first-order valence-corrected chi connectivity index (χ1v) is 6.92. The summed E-state index contributed by atoms with van der Waals surface area (Å²) in [5.74, 6) is 1.76. The van der Waals surface area contributed by atoms with E-state index in [0.29, 0.717) is 12.0 Å². The van der Waals surface area contributed by atoms with Crippen molar-refractivity contribution in [2.45, 2.75) is 25.8 Å². The van der Waals surface area contributed by atoms with E-state index in [-0.39, 0.29) is 0 Å². The number of hydrogen-bond donors (Lipinski definition) is 1. The van der Waals surface area contributed by atoms with E-state index in [1.54, 1.807) is 0 Å². The molecule has 2 heteroatoms. The summed E-state index contributed by atoms with van der Waals surface area (Å²) in [5.41, 5.74) is 1.42. The van der Waals surface area contributed by atoms with Crippen LogP contribution in [0.25, 0.3) is 0 Å². The lowest BCUT2D eigenvalue weighted by molar-refractivity contribution is 0.497. The minimum Gasteiger partial charge on any atom is -0.313 e. The number of hydrogen-bond acceptors (Lipinski definition) is 2. The Hall–Kier alpha value is -0.470. The number of benzene rings is 1. The monoisotopic (exact) mass is 223 g/mol. The molecule has 1 nitrogen and oxygen atoms in total. The summed E-state index contributed by atoms with van der Waals surface area (Å²) in [7, 11) is 0. The Morgan fingerprint density at radius 2 is 1.87 bits per heavy atom. The van der Waals surface area contributed by atoms with Gasteiger partial charge in [-0.05, 0) is 24.7 Å². The van der Waals surface area contributed by atoms with Crippen molar-refractivity contribution in [1.29, 1.82) is 0 Å². The maximum absolute atomic E-state index is 3.56. The average Bonchev–Trinajstić information content (AvgIpc) is 2.29. The maximum atomic E-state index is 3.56. The van der Waals surface area contributed by atoms with Crippen LogP contribution in [0, 0.1) is 0 Å². The molecule has 0 amide bonds. The van der Waals surface area contributed by atoms with E-state index < -0.39 is 0 Å². The molecule has 0 saturated carbocycles. The molecule has 0 bridgehead atoms. The highest BCUT2D eigenvalue weighted by molar-refractivity contribution is 7.98. The van der Waals surface area contributed by atoms with Crippen LogP contribution in [0.15, 0.2) is 30.3 Å². The molecule has 0 aliphatic heterocycles. The second-order valence-corrected chi connectivity index (χ2v) is 4.92. The van der Waals surface area contributed by atoms with Gasteiger partial charge in [-0.3, -0.25) is 0 Å². The molecular formula is C13H21NS. The van der Waals surface area contributed by atoms with Crippen LogP contribution >= 0.6 is 11.8 Å². The molecule has 0 aliphatic carbocycles. The third-order valence-corrected chi connectivity index (χ3v) is 3.46. The zero-order valence-corrected chi connectivity index (χ0v) is 10.7. The third kappa shape index (κ3) is 4.27. The van der Waals surface area contributed by atoms with E-state index >= 15 is 0 Å². The summed E-state index contributed by atoms with van der Waals surface area (Å²) >= 11 is 1.89. The van der Waals surface area contributed by atoms with Crippen LogP contribution in [-0.4, -0.2) is 24.6 Å². The van der Waals surface area contributed by atoms with Gasteiger partial charge in [-0.15, -0.1) is 0 Å². The SMILES string of the molecule is CSCCNC(C)C(C)c1ccccc1. The molecule has 0 saturated heterocycles. The second-order valence-electron chi connectivity index (χ2n) is 3.93. The third-order valence-electron chi connectivity index (χ3n) is 2.85. The fraction of sp³-hybridized carbons (Fsp3) is 0.538. The van der Waals surface area contributed by atoms with Crippen molar-refractivity contribution in [3.63, 3.8) is 0 Å². The molecule has 0 aromatic heterocycles. The van der Waals surface area contributed by atoms with Crippen molar-refractivity contribution in [3.8, 4) is 0 Å². The zero-order valence-electron chi connectivity index (χ0n) is 9.86. The molecule has 0 aliphatic rings. The topological polar surface area (TPSA) is 12.0 Å². The minimum absolute atomic E-state index is 0.541. The van der Waals surface area contributed by atoms with E-state index in [2.05, 4.69) is 55.8 Å². The lowest BCUT2D eigenvalue weighted by Crippen LogP contribution is -2.32. The van der Waals surface area contributed by atoms with Gasteiger partial charge in [-0.1, -0.05) is 37.3 Å². The summed E-state index contributed by atoms with van der Waals surface area (Å²) in [6.45, 7) is 5.64. The van der Waals surface area contributed by atoms with Crippen molar-refractivity contribution < 1.29 is 0 Å². The van der Waals surface area contributed by atoms with Gasteiger partial charge in [0.2, 0.25) is 0 Å². The molecule has 1 rings (SSSR count). The largest absolute Gasteiger partial charge is 0.313 e. The van der Waals surface area contributed by atoms with Crippen molar-refractivity contribution in [1.82, 2.24) is 5.32 Å². The van der Waals surface area contributed by atoms with Crippen LogP contribution in [0.1, 0.15) is 25.3 Å². The molecule has 0 fully saturated rings. The summed E-state index contributed by atoms with van der Waals surface area (Å²) in [4.78, 5) is 0. The minimum atomic E-state index is 0.541. The van der Waals surface area contributed by atoms with Crippen molar-refractivity contribution in [2.24, 2.45) is 0 Å². The smallest absolute Gasteiger partial charge is 0.0105 e. The molecule has 1 N–H and O–H groups in total. The Morgan fingerprint density at radius 3 is 2.47 bits per heavy atom. The number of rotatable bonds is 6. The van der Waals surface area contributed by atoms with Gasteiger partial charge < -0.3 is 5.32 Å². The second kappa shape index (κ2) is 6.91. The van der Waals surface area contributed by atoms with E-state index in [9.17, 15) is 0 Å². The van der Waals surface area contributed by atoms with Crippen LogP contribution in [0.2, 0.25) is 0 Å². The molecular weight excluding hydrogens is 202 g/mol. The normalized spacial score (nSPS) is 14.9. The van der Waals surface area contributed by atoms with Crippen molar-refractivity contribution >= 4 is 11.8 Å². The van der Waals surface area contributed by atoms with Crippen LogP contribution in [-0.2, 0) is 0 Å². The molecule has 15 heavy (non-hydrogen) atoms. The van der Waals surface area contributed by atoms with E-state index in [1.165, 1.54) is 11.3 Å². The fourth-order valence-corrected chi connectivity index (χ4v) is 1.93. The Labute approximate surface area is 97.7 Å². The van der Waals surface area contributed by atoms with Crippen LogP contribution in [0.5, 0.6) is 0 Å². The Kier molecular flexibility index (Phi) is 5.81. The van der Waals surface area contributed by atoms with Gasteiger partial charge in [0.25, 0.3) is 0 Å². The first-order chi connectivity index (χ1) is 7.25. The van der Waals surface area contributed by atoms with E-state index in [1.807, 2.05) is 11.8 Å². The lowest BCUT2D eigenvalue weighted by Gasteiger charge is -2.21. The Balaban J connectivity index is 2.42. The van der Waals surface area contributed by atoms with Gasteiger partial charge in [0.1, 0.15) is 0 Å². The molecule has 84 valence electrons. The molecule has 1 aromatic carbocycles. The predicted molar refractivity (Wildman–Crippen MR) is 70.7 cm³/mol. The summed E-state index contributed by atoms with van der Waals surface area (Å²) in [6.07, 6.45) is 2.15. The number of nitrogens with one attached hydrogen (secondary N) is 1. The van der Waals surface area contributed by atoms with Crippen LogP contribution in [0.3, 0.4) is 0 Å². The van der Waals surface area contributed by atoms with Gasteiger partial charge >= 0.3 is 0 Å². The lowest BCUT2D eigenvalue weighted by atomic mass is 9.94. The molecule has 0 heterocycles. The maximum Gasteiger partial charge on any atom is 0.0105 e. The zero-order chi connectivity index (χ0) is 11.1. The molecule has 1 aromatic rings. The summed E-state index contributed by atoms with van der Waals surface area (Å²) in [5, 5.41) is 3.56. The van der Waals surface area contributed by atoms with Crippen LogP contribution < -0.4 is 5.32 Å². The van der Waals surface area contributed by atoms with Gasteiger partial charge in [0.15, 0.2) is 0 Å². The molecule has 2 atom stereocenters. The molecule has 0 radical (unpaired) electrons. The Bertz CT molecular complexity index is 260. The molecule has 0 spiro atoms. The van der Waals surface area contributed by atoms with Crippen LogP contribution in [0.4, 0.5) is 0 Å². The standard InChI is InChI=1S/C13H21NS/c1-11(12(2)14-9-10-15-3)13-7-5-4-6-8-13/h4-8,11-12,14H,9-10H2,1-3H3.